The fourth-order valence-electron chi connectivity index (χ4n) is 3.30. The summed E-state index contributed by atoms with van der Waals surface area (Å²) in [5.74, 6) is 0.276. The second kappa shape index (κ2) is 9.30. The van der Waals surface area contributed by atoms with Crippen molar-refractivity contribution in [1.82, 2.24) is 5.32 Å². The van der Waals surface area contributed by atoms with Gasteiger partial charge in [-0.25, -0.2) is 0 Å². The predicted molar refractivity (Wildman–Crippen MR) is 118 cm³/mol. The van der Waals surface area contributed by atoms with E-state index in [1.54, 1.807) is 18.2 Å². The second-order valence-corrected chi connectivity index (χ2v) is 8.88. The topological polar surface area (TPSA) is 50.7 Å². The number of hydrogen-bond donors (Lipinski definition) is 1. The van der Waals surface area contributed by atoms with Crippen molar-refractivity contribution >= 4 is 46.6 Å². The molecule has 0 aromatic heterocycles. The summed E-state index contributed by atoms with van der Waals surface area (Å²) in [7, 11) is 0. The van der Waals surface area contributed by atoms with Crippen molar-refractivity contribution in [3.05, 3.63) is 68.7 Å². The lowest BCUT2D eigenvalue weighted by Crippen LogP contribution is -2.42. The van der Waals surface area contributed by atoms with Crippen LogP contribution in [0.3, 0.4) is 0 Å². The Labute approximate surface area is 192 Å². The molecule has 1 N–H and O–H groups in total. The van der Waals surface area contributed by atoms with E-state index in [-0.39, 0.29) is 27.2 Å². The van der Waals surface area contributed by atoms with Gasteiger partial charge in [0, 0.05) is 28.6 Å². The maximum atomic E-state index is 14.1. The fraction of sp³-hybridized carbons (Fsp3) is 0.333. The summed E-state index contributed by atoms with van der Waals surface area (Å²) in [6.45, 7) is 2.16. The standard InChI is InChI=1S/C21H19Cl2F3N2O2S/c1-12-5-13(3-4-14(12)10-27-19(29)11-31-2)18-9-20(30-28-18,21(24,25)26)15-6-16(22)8-17(23)7-15/h3-8H,9-11H2,1-2H3,(H,27,29). The molecule has 0 radical (unpaired) electrons. The third-order valence-electron chi connectivity index (χ3n) is 4.94. The van der Waals surface area contributed by atoms with Gasteiger partial charge in [-0.3, -0.25) is 4.79 Å². The zero-order valence-corrected chi connectivity index (χ0v) is 19.0. The first-order chi connectivity index (χ1) is 14.6. The van der Waals surface area contributed by atoms with Crippen molar-refractivity contribution in [2.45, 2.75) is 31.7 Å². The number of alkyl halides is 3. The molecule has 0 saturated carbocycles. The van der Waals surface area contributed by atoms with Gasteiger partial charge in [0.15, 0.2) is 0 Å². The summed E-state index contributed by atoms with van der Waals surface area (Å²) in [5, 5.41) is 6.73. The fourth-order valence-corrected chi connectivity index (χ4v) is 4.19. The van der Waals surface area contributed by atoms with Gasteiger partial charge in [0.25, 0.3) is 5.60 Å². The molecule has 31 heavy (non-hydrogen) atoms. The summed E-state index contributed by atoms with van der Waals surface area (Å²) >= 11 is 13.3. The monoisotopic (exact) mass is 490 g/mol. The van der Waals surface area contributed by atoms with Gasteiger partial charge in [-0.1, -0.05) is 40.5 Å². The number of amides is 1. The van der Waals surface area contributed by atoms with E-state index >= 15 is 0 Å². The van der Waals surface area contributed by atoms with Gasteiger partial charge >= 0.3 is 6.18 Å². The molecular formula is C21H19Cl2F3N2O2S. The van der Waals surface area contributed by atoms with Crippen LogP contribution in [0, 0.1) is 6.92 Å². The molecule has 4 nitrogen and oxygen atoms in total. The lowest BCUT2D eigenvalue weighted by molar-refractivity contribution is -0.275. The summed E-state index contributed by atoms with van der Waals surface area (Å²) in [5.41, 5.74) is -0.525. The van der Waals surface area contributed by atoms with Gasteiger partial charge in [0.2, 0.25) is 5.91 Å². The maximum Gasteiger partial charge on any atom is 0.435 e. The first-order valence-electron chi connectivity index (χ1n) is 9.19. The minimum absolute atomic E-state index is 0.0758. The van der Waals surface area contributed by atoms with E-state index in [0.717, 1.165) is 11.1 Å². The Hall–Kier alpha value is -1.90. The number of oxime groups is 1. The Bertz CT molecular complexity index is 1010. The van der Waals surface area contributed by atoms with Crippen LogP contribution < -0.4 is 5.32 Å². The number of benzene rings is 2. The van der Waals surface area contributed by atoms with E-state index in [1.165, 1.54) is 30.0 Å². The van der Waals surface area contributed by atoms with Crippen LogP contribution in [-0.2, 0) is 21.8 Å². The number of hydrogen-bond acceptors (Lipinski definition) is 4. The van der Waals surface area contributed by atoms with Crippen LogP contribution >= 0.6 is 35.0 Å². The molecule has 0 spiro atoms. The molecule has 166 valence electrons. The lowest BCUT2D eigenvalue weighted by Gasteiger charge is -2.29. The molecule has 1 unspecified atom stereocenters. The van der Waals surface area contributed by atoms with Crippen LogP contribution in [-0.4, -0.2) is 29.8 Å². The summed E-state index contributed by atoms with van der Waals surface area (Å²) < 4.78 is 42.3. The van der Waals surface area contributed by atoms with E-state index < -0.39 is 18.2 Å². The average Bonchev–Trinajstić information content (AvgIpc) is 3.13. The Balaban J connectivity index is 1.85. The summed E-state index contributed by atoms with van der Waals surface area (Å²) in [6.07, 6.45) is -3.43. The molecule has 1 heterocycles. The first kappa shape index (κ1) is 23.8. The van der Waals surface area contributed by atoms with E-state index in [0.29, 0.717) is 17.9 Å². The van der Waals surface area contributed by atoms with E-state index in [1.807, 2.05) is 13.2 Å². The van der Waals surface area contributed by atoms with Gasteiger partial charge in [-0.15, -0.1) is 0 Å². The van der Waals surface area contributed by atoms with Gasteiger partial charge in [0.1, 0.15) is 0 Å². The summed E-state index contributed by atoms with van der Waals surface area (Å²) in [6, 6.07) is 8.89. The molecule has 0 saturated heterocycles. The minimum Gasteiger partial charge on any atom is -0.374 e. The van der Waals surface area contributed by atoms with Crippen molar-refractivity contribution in [3.8, 4) is 0 Å². The molecule has 0 fully saturated rings. The molecule has 2 aromatic rings. The van der Waals surface area contributed by atoms with Gasteiger partial charge in [-0.2, -0.15) is 24.9 Å². The zero-order chi connectivity index (χ0) is 22.8. The molecular weight excluding hydrogens is 472 g/mol. The molecule has 1 aliphatic heterocycles. The molecule has 10 heteroatoms. The molecule has 1 aliphatic rings. The number of aryl methyl sites for hydroxylation is 1. The van der Waals surface area contributed by atoms with Crippen LogP contribution in [0.15, 0.2) is 41.6 Å². The van der Waals surface area contributed by atoms with Crippen LogP contribution in [0.5, 0.6) is 0 Å². The SMILES string of the molecule is CSCC(=O)NCc1ccc(C2=NOC(c3cc(Cl)cc(Cl)c3)(C(F)(F)F)C2)cc1C. The van der Waals surface area contributed by atoms with Crippen LogP contribution in [0.25, 0.3) is 0 Å². The van der Waals surface area contributed by atoms with Gasteiger partial charge in [-0.05, 0) is 54.1 Å². The quantitative estimate of drug-likeness (QED) is 0.551. The second-order valence-electron chi connectivity index (χ2n) is 7.14. The number of nitrogens with zero attached hydrogens (tertiary/aromatic N) is 1. The van der Waals surface area contributed by atoms with Crippen molar-refractivity contribution in [1.29, 1.82) is 0 Å². The third kappa shape index (κ3) is 5.13. The maximum absolute atomic E-state index is 14.1. The van der Waals surface area contributed by atoms with Crippen LogP contribution in [0.2, 0.25) is 10.0 Å². The number of rotatable bonds is 6. The highest BCUT2D eigenvalue weighted by Crippen LogP contribution is 2.49. The normalized spacial score (nSPS) is 18.5. The van der Waals surface area contributed by atoms with Crippen LogP contribution in [0.4, 0.5) is 13.2 Å². The minimum atomic E-state index is -4.75. The third-order valence-corrected chi connectivity index (χ3v) is 5.93. The molecule has 0 bridgehead atoms. The van der Waals surface area contributed by atoms with Gasteiger partial charge in [0.05, 0.1) is 11.5 Å². The zero-order valence-electron chi connectivity index (χ0n) is 16.6. The Morgan fingerprint density at radius 3 is 2.48 bits per heavy atom. The van der Waals surface area contributed by atoms with Crippen molar-refractivity contribution in [3.63, 3.8) is 0 Å². The summed E-state index contributed by atoms with van der Waals surface area (Å²) in [4.78, 5) is 16.7. The Morgan fingerprint density at radius 1 is 1.23 bits per heavy atom. The van der Waals surface area contributed by atoms with Crippen molar-refractivity contribution < 1.29 is 22.8 Å². The molecule has 3 rings (SSSR count). The van der Waals surface area contributed by atoms with Crippen molar-refractivity contribution in [2.24, 2.45) is 5.16 Å². The van der Waals surface area contributed by atoms with Gasteiger partial charge < -0.3 is 10.2 Å². The van der Waals surface area contributed by atoms with Crippen LogP contribution in [0.1, 0.15) is 28.7 Å². The number of carbonyl (C=O) groups excluding carboxylic acids is 1. The van der Waals surface area contributed by atoms with E-state index in [2.05, 4.69) is 10.5 Å². The van der Waals surface area contributed by atoms with E-state index in [9.17, 15) is 18.0 Å². The first-order valence-corrected chi connectivity index (χ1v) is 11.3. The molecule has 0 aliphatic carbocycles. The molecule has 1 amide bonds. The highest BCUT2D eigenvalue weighted by Gasteiger charge is 2.62. The predicted octanol–water partition coefficient (Wildman–Crippen LogP) is 5.86. The molecule has 1 atom stereocenters. The highest BCUT2D eigenvalue weighted by atomic mass is 35.5. The Kier molecular flexibility index (Phi) is 7.13. The highest BCUT2D eigenvalue weighted by molar-refractivity contribution is 7.99. The number of nitrogens with one attached hydrogen (secondary N) is 1. The number of carbonyl (C=O) groups is 1. The average molecular weight is 491 g/mol. The number of halogens is 5. The Morgan fingerprint density at radius 2 is 1.90 bits per heavy atom. The number of thioether (sulfide) groups is 1. The largest absolute Gasteiger partial charge is 0.435 e. The van der Waals surface area contributed by atoms with Crippen molar-refractivity contribution in [2.75, 3.05) is 12.0 Å². The lowest BCUT2D eigenvalue weighted by atomic mass is 9.86. The smallest absolute Gasteiger partial charge is 0.374 e. The van der Waals surface area contributed by atoms with E-state index in [4.69, 9.17) is 28.0 Å². The molecule has 2 aromatic carbocycles.